The summed E-state index contributed by atoms with van der Waals surface area (Å²) in [5.74, 6) is -1.40. The first-order valence-corrected chi connectivity index (χ1v) is 13.1. The first-order valence-electron chi connectivity index (χ1n) is 13.1. The number of halogens is 1. The SMILES string of the molecule is CCCCOC(=O)Nc1cc2nc(C)c([C@H](OC(C)(C)C)C(=O)O)c(-c3cc(F)c4c(c3C)CCCO4)n2n1. The zero-order valence-corrected chi connectivity index (χ0v) is 23.2. The highest BCUT2D eigenvalue weighted by Crippen LogP contribution is 2.41. The minimum Gasteiger partial charge on any atom is -0.490 e. The fourth-order valence-corrected chi connectivity index (χ4v) is 4.71. The van der Waals surface area contributed by atoms with Crippen molar-refractivity contribution in [3.05, 3.63) is 40.3 Å². The fraction of sp³-hybridized carbons (Fsp3) is 0.500. The summed E-state index contributed by atoms with van der Waals surface area (Å²) in [6.07, 6.45) is 0.855. The van der Waals surface area contributed by atoms with Gasteiger partial charge in [-0.2, -0.15) is 0 Å². The first-order chi connectivity index (χ1) is 18.4. The third kappa shape index (κ3) is 5.98. The second-order valence-electron chi connectivity index (χ2n) is 10.6. The maximum atomic E-state index is 15.4. The number of nitrogens with zero attached hydrogens (tertiary/aromatic N) is 3. The number of nitrogens with one attached hydrogen (secondary N) is 1. The van der Waals surface area contributed by atoms with Crippen molar-refractivity contribution in [1.29, 1.82) is 0 Å². The summed E-state index contributed by atoms with van der Waals surface area (Å²) in [4.78, 5) is 29.4. The van der Waals surface area contributed by atoms with Crippen molar-refractivity contribution in [1.82, 2.24) is 14.6 Å². The predicted octanol–water partition coefficient (Wildman–Crippen LogP) is 5.77. The van der Waals surface area contributed by atoms with Crippen molar-refractivity contribution >= 4 is 23.5 Å². The van der Waals surface area contributed by atoms with Crippen LogP contribution in [0, 0.1) is 19.7 Å². The number of fused-ring (bicyclic) bond motifs is 2. The van der Waals surface area contributed by atoms with Gasteiger partial charge < -0.3 is 19.3 Å². The summed E-state index contributed by atoms with van der Waals surface area (Å²) in [5.41, 5.74) is 2.34. The lowest BCUT2D eigenvalue weighted by Gasteiger charge is -2.28. The molecule has 0 spiro atoms. The van der Waals surface area contributed by atoms with Gasteiger partial charge in [-0.05, 0) is 65.5 Å². The molecule has 10 nitrogen and oxygen atoms in total. The molecule has 4 rings (SSSR count). The van der Waals surface area contributed by atoms with Crippen LogP contribution >= 0.6 is 0 Å². The van der Waals surface area contributed by atoms with Gasteiger partial charge in [-0.1, -0.05) is 13.3 Å². The van der Waals surface area contributed by atoms with Crippen LogP contribution in [-0.4, -0.2) is 50.6 Å². The average molecular weight is 543 g/mol. The van der Waals surface area contributed by atoms with Gasteiger partial charge in [-0.3, -0.25) is 5.32 Å². The Bertz CT molecular complexity index is 1410. The van der Waals surface area contributed by atoms with Crippen molar-refractivity contribution in [2.45, 2.75) is 78.9 Å². The third-order valence-corrected chi connectivity index (χ3v) is 6.44. The Hall–Kier alpha value is -3.73. The first kappa shape index (κ1) is 28.3. The summed E-state index contributed by atoms with van der Waals surface area (Å²) >= 11 is 0. The largest absolute Gasteiger partial charge is 0.490 e. The third-order valence-electron chi connectivity index (χ3n) is 6.44. The van der Waals surface area contributed by atoms with Crippen LogP contribution in [0.25, 0.3) is 16.9 Å². The van der Waals surface area contributed by atoms with Crippen molar-refractivity contribution in [2.24, 2.45) is 0 Å². The standard InChI is InChI=1S/C28H35FN4O6/c1-7-8-11-38-27(36)31-20-14-21-30-16(3)22(25(26(34)35)39-28(4,5)6)23(33(21)32-20)18-13-19(29)24-17(15(18)2)10-9-12-37-24/h13-14,25H,7-12H2,1-6H3,(H,34,35)(H,31,32,36)/t25-/m0/s1. The average Bonchev–Trinajstić information content (AvgIpc) is 3.25. The molecule has 0 radical (unpaired) electrons. The minimum absolute atomic E-state index is 0.157. The van der Waals surface area contributed by atoms with Gasteiger partial charge >= 0.3 is 12.1 Å². The van der Waals surface area contributed by atoms with Crippen LogP contribution in [0.5, 0.6) is 5.75 Å². The maximum Gasteiger partial charge on any atom is 0.412 e. The zero-order valence-electron chi connectivity index (χ0n) is 23.2. The number of hydrogen-bond donors (Lipinski definition) is 2. The van der Waals surface area contributed by atoms with E-state index in [-0.39, 0.29) is 23.7 Å². The number of carboxylic acid groups (broad SMARTS) is 1. The van der Waals surface area contributed by atoms with Crippen LogP contribution in [0.15, 0.2) is 12.1 Å². The van der Waals surface area contributed by atoms with E-state index >= 15 is 4.39 Å². The van der Waals surface area contributed by atoms with Gasteiger partial charge in [-0.15, -0.1) is 5.10 Å². The van der Waals surface area contributed by atoms with Crippen molar-refractivity contribution in [2.75, 3.05) is 18.5 Å². The van der Waals surface area contributed by atoms with Crippen molar-refractivity contribution in [3.63, 3.8) is 0 Å². The summed E-state index contributed by atoms with van der Waals surface area (Å²) < 4.78 is 33.6. The van der Waals surface area contributed by atoms with Crippen LogP contribution in [0.4, 0.5) is 15.0 Å². The topological polar surface area (TPSA) is 124 Å². The number of hydrogen-bond acceptors (Lipinski definition) is 7. The molecular weight excluding hydrogens is 507 g/mol. The molecule has 3 aromatic rings. The van der Waals surface area contributed by atoms with Gasteiger partial charge in [0.05, 0.1) is 24.5 Å². The molecule has 1 aliphatic heterocycles. The summed E-state index contributed by atoms with van der Waals surface area (Å²) in [6, 6.07) is 2.88. The van der Waals surface area contributed by atoms with Gasteiger partial charge in [0, 0.05) is 28.5 Å². The Morgan fingerprint density at radius 1 is 1.28 bits per heavy atom. The monoisotopic (exact) mass is 542 g/mol. The van der Waals surface area contributed by atoms with Gasteiger partial charge in [-0.25, -0.2) is 23.5 Å². The molecule has 1 atom stereocenters. The van der Waals surface area contributed by atoms with Crippen LogP contribution in [-0.2, 0) is 20.7 Å². The molecule has 0 fully saturated rings. The van der Waals surface area contributed by atoms with E-state index in [2.05, 4.69) is 15.4 Å². The van der Waals surface area contributed by atoms with Gasteiger partial charge in [0.15, 0.2) is 29.1 Å². The van der Waals surface area contributed by atoms with E-state index in [1.807, 2.05) is 13.8 Å². The second-order valence-corrected chi connectivity index (χ2v) is 10.6. The lowest BCUT2D eigenvalue weighted by molar-refractivity contribution is -0.160. The molecule has 1 aliphatic rings. The smallest absolute Gasteiger partial charge is 0.412 e. The van der Waals surface area contributed by atoms with Crippen LogP contribution in [0.3, 0.4) is 0 Å². The predicted molar refractivity (Wildman–Crippen MR) is 143 cm³/mol. The number of unbranched alkanes of at least 4 members (excludes halogenated alkanes) is 1. The molecule has 1 amide bonds. The number of rotatable bonds is 8. The van der Waals surface area contributed by atoms with Crippen molar-refractivity contribution < 1.29 is 33.3 Å². The molecule has 0 saturated heterocycles. The molecule has 0 aliphatic carbocycles. The number of carbonyl (C=O) groups excluding carboxylic acids is 1. The molecule has 2 N–H and O–H groups in total. The van der Waals surface area contributed by atoms with Crippen LogP contribution in [0.2, 0.25) is 0 Å². The molecule has 1 aromatic carbocycles. The summed E-state index contributed by atoms with van der Waals surface area (Å²) in [7, 11) is 0. The van der Waals surface area contributed by atoms with Gasteiger partial charge in [0.2, 0.25) is 0 Å². The number of aryl methyl sites for hydroxylation is 1. The van der Waals surface area contributed by atoms with E-state index in [0.717, 1.165) is 30.4 Å². The van der Waals surface area contributed by atoms with E-state index in [1.165, 1.54) is 10.6 Å². The molecule has 0 bridgehead atoms. The van der Waals surface area contributed by atoms with E-state index < -0.39 is 29.6 Å². The number of aromatic nitrogens is 3. The van der Waals surface area contributed by atoms with E-state index in [9.17, 15) is 14.7 Å². The summed E-state index contributed by atoms with van der Waals surface area (Å²) in [5, 5.41) is 17.4. The Morgan fingerprint density at radius 2 is 2.03 bits per heavy atom. The number of ether oxygens (including phenoxy) is 3. The molecule has 2 aromatic heterocycles. The molecule has 0 unspecified atom stereocenters. The highest BCUT2D eigenvalue weighted by molar-refractivity contribution is 5.85. The Labute approximate surface area is 226 Å². The molecule has 3 heterocycles. The lowest BCUT2D eigenvalue weighted by atomic mass is 9.91. The maximum absolute atomic E-state index is 15.4. The minimum atomic E-state index is -1.42. The Balaban J connectivity index is 1.96. The highest BCUT2D eigenvalue weighted by atomic mass is 19.1. The quantitative estimate of drug-likeness (QED) is 0.344. The van der Waals surface area contributed by atoms with E-state index in [0.29, 0.717) is 35.6 Å². The number of amides is 1. The lowest BCUT2D eigenvalue weighted by Crippen LogP contribution is -2.29. The van der Waals surface area contributed by atoms with Crippen LogP contribution < -0.4 is 10.1 Å². The second kappa shape index (κ2) is 11.2. The normalized spacial score (nSPS) is 14.0. The molecule has 210 valence electrons. The highest BCUT2D eigenvalue weighted by Gasteiger charge is 2.34. The fourth-order valence-electron chi connectivity index (χ4n) is 4.71. The van der Waals surface area contributed by atoms with Gasteiger partial charge in [0.25, 0.3) is 0 Å². The number of carboxylic acids is 1. The zero-order chi connectivity index (χ0) is 28.5. The van der Waals surface area contributed by atoms with E-state index in [4.69, 9.17) is 14.2 Å². The number of benzene rings is 1. The molecular formula is C28H35FN4O6. The van der Waals surface area contributed by atoms with E-state index in [1.54, 1.807) is 33.8 Å². The number of anilines is 1. The molecule has 0 saturated carbocycles. The molecule has 11 heteroatoms. The van der Waals surface area contributed by atoms with Gasteiger partial charge in [0.1, 0.15) is 0 Å². The Morgan fingerprint density at radius 3 is 2.69 bits per heavy atom. The van der Waals surface area contributed by atoms with Crippen molar-refractivity contribution in [3.8, 4) is 17.0 Å². The number of aliphatic carboxylic acids is 1. The molecule has 39 heavy (non-hydrogen) atoms. The Kier molecular flexibility index (Phi) is 8.10. The van der Waals surface area contributed by atoms with Crippen LogP contribution in [0.1, 0.15) is 75.4 Å². The summed E-state index contributed by atoms with van der Waals surface area (Å²) in [6.45, 7) is 11.5. The number of carbonyl (C=O) groups is 2.